The van der Waals surface area contributed by atoms with E-state index in [2.05, 4.69) is 9.72 Å². The van der Waals surface area contributed by atoms with Crippen LogP contribution >= 0.6 is 22.9 Å². The van der Waals surface area contributed by atoms with Crippen LogP contribution in [0.4, 0.5) is 13.2 Å². The first kappa shape index (κ1) is 22.9. The summed E-state index contributed by atoms with van der Waals surface area (Å²) >= 11 is 7.68. The Morgan fingerprint density at radius 3 is 2.64 bits per heavy atom. The maximum absolute atomic E-state index is 12.6. The zero-order valence-electron chi connectivity index (χ0n) is 17.2. The highest BCUT2D eigenvalue weighted by Gasteiger charge is 2.31. The van der Waals surface area contributed by atoms with Crippen LogP contribution in [0.2, 0.25) is 5.02 Å². The van der Waals surface area contributed by atoms with Crippen molar-refractivity contribution in [1.29, 1.82) is 0 Å². The molecule has 5 nitrogen and oxygen atoms in total. The van der Waals surface area contributed by atoms with Crippen LogP contribution in [0, 0.1) is 6.92 Å². The minimum absolute atomic E-state index is 0.183. The molecule has 1 amide bonds. The van der Waals surface area contributed by atoms with Crippen molar-refractivity contribution in [2.45, 2.75) is 19.8 Å². The lowest BCUT2D eigenvalue weighted by Gasteiger charge is -2.13. The van der Waals surface area contributed by atoms with E-state index in [4.69, 9.17) is 17.3 Å². The SMILES string of the molecule is Cc1c(C(N)=O)cc(-c2csc(-c3ccccc3Cl)n2)n1Cc1cccc(OC(F)(F)F)c1. The van der Waals surface area contributed by atoms with Gasteiger partial charge in [-0.2, -0.15) is 0 Å². The smallest absolute Gasteiger partial charge is 0.406 e. The van der Waals surface area contributed by atoms with E-state index in [1.807, 2.05) is 23.6 Å². The first-order valence-electron chi connectivity index (χ1n) is 9.68. The number of ether oxygens (including phenoxy) is 1. The van der Waals surface area contributed by atoms with Crippen molar-refractivity contribution in [3.8, 4) is 27.7 Å². The maximum atomic E-state index is 12.6. The molecule has 10 heteroatoms. The molecule has 2 heterocycles. The fraction of sp³-hybridized carbons (Fsp3) is 0.130. The molecule has 33 heavy (non-hydrogen) atoms. The molecule has 2 aromatic carbocycles. The summed E-state index contributed by atoms with van der Waals surface area (Å²) in [5.41, 5.74) is 8.95. The third kappa shape index (κ3) is 5.04. The number of carbonyl (C=O) groups is 1. The average Bonchev–Trinajstić information content (AvgIpc) is 3.33. The van der Waals surface area contributed by atoms with Gasteiger partial charge >= 0.3 is 6.36 Å². The lowest BCUT2D eigenvalue weighted by atomic mass is 10.2. The van der Waals surface area contributed by atoms with Crippen LogP contribution in [0.5, 0.6) is 5.75 Å². The number of amides is 1. The third-order valence-electron chi connectivity index (χ3n) is 4.98. The number of nitrogens with two attached hydrogens (primary N) is 1. The number of hydrogen-bond donors (Lipinski definition) is 1. The van der Waals surface area contributed by atoms with Gasteiger partial charge in [0.2, 0.25) is 0 Å². The van der Waals surface area contributed by atoms with Gasteiger partial charge in [0.1, 0.15) is 10.8 Å². The Hall–Kier alpha value is -3.30. The molecule has 0 spiro atoms. The summed E-state index contributed by atoms with van der Waals surface area (Å²) in [7, 11) is 0. The van der Waals surface area contributed by atoms with E-state index in [9.17, 15) is 18.0 Å². The van der Waals surface area contributed by atoms with Gasteiger partial charge in [0.05, 0.1) is 22.0 Å². The monoisotopic (exact) mass is 491 g/mol. The number of benzene rings is 2. The Morgan fingerprint density at radius 2 is 1.94 bits per heavy atom. The Labute approximate surface area is 196 Å². The van der Waals surface area contributed by atoms with Crippen molar-refractivity contribution in [2.75, 3.05) is 0 Å². The Balaban J connectivity index is 1.74. The number of primary amides is 1. The molecule has 0 fully saturated rings. The van der Waals surface area contributed by atoms with E-state index in [0.717, 1.165) is 5.56 Å². The van der Waals surface area contributed by atoms with Gasteiger partial charge in [-0.15, -0.1) is 24.5 Å². The van der Waals surface area contributed by atoms with Gasteiger partial charge in [-0.05, 0) is 36.8 Å². The second kappa shape index (κ2) is 8.92. The molecule has 0 aliphatic rings. The van der Waals surface area contributed by atoms with Gasteiger partial charge in [-0.3, -0.25) is 4.79 Å². The van der Waals surface area contributed by atoms with E-state index in [1.54, 1.807) is 29.7 Å². The van der Waals surface area contributed by atoms with Crippen LogP contribution in [0.1, 0.15) is 21.6 Å². The second-order valence-electron chi connectivity index (χ2n) is 7.19. The predicted octanol–water partition coefficient (Wildman–Crippen LogP) is 6.29. The van der Waals surface area contributed by atoms with E-state index in [1.165, 1.54) is 29.5 Å². The van der Waals surface area contributed by atoms with Crippen molar-refractivity contribution in [3.05, 3.63) is 81.8 Å². The summed E-state index contributed by atoms with van der Waals surface area (Å²) < 4.78 is 43.7. The highest BCUT2D eigenvalue weighted by Crippen LogP contribution is 2.35. The molecule has 4 rings (SSSR count). The molecule has 170 valence electrons. The van der Waals surface area contributed by atoms with Crippen LogP contribution in [0.25, 0.3) is 22.0 Å². The minimum Gasteiger partial charge on any atom is -0.406 e. The minimum atomic E-state index is -4.79. The first-order chi connectivity index (χ1) is 15.6. The summed E-state index contributed by atoms with van der Waals surface area (Å²) in [5, 5.41) is 3.09. The van der Waals surface area contributed by atoms with Gasteiger partial charge in [-0.1, -0.05) is 41.9 Å². The quantitative estimate of drug-likeness (QED) is 0.345. The number of hydrogen-bond acceptors (Lipinski definition) is 4. The van der Waals surface area contributed by atoms with E-state index >= 15 is 0 Å². The molecule has 0 saturated carbocycles. The van der Waals surface area contributed by atoms with Crippen molar-refractivity contribution < 1.29 is 22.7 Å². The summed E-state index contributed by atoms with van der Waals surface area (Å²) in [5.74, 6) is -0.931. The Morgan fingerprint density at radius 1 is 1.18 bits per heavy atom. The number of rotatable bonds is 6. The van der Waals surface area contributed by atoms with E-state index in [-0.39, 0.29) is 12.3 Å². The lowest BCUT2D eigenvalue weighted by Crippen LogP contribution is -2.17. The molecular formula is C23H17ClF3N3O2S. The van der Waals surface area contributed by atoms with Gasteiger partial charge in [0, 0.05) is 23.2 Å². The van der Waals surface area contributed by atoms with Crippen LogP contribution in [-0.4, -0.2) is 21.8 Å². The van der Waals surface area contributed by atoms with Crippen LogP contribution in [0.3, 0.4) is 0 Å². The van der Waals surface area contributed by atoms with Gasteiger partial charge < -0.3 is 15.0 Å². The largest absolute Gasteiger partial charge is 0.573 e. The van der Waals surface area contributed by atoms with Crippen molar-refractivity contribution in [1.82, 2.24) is 9.55 Å². The van der Waals surface area contributed by atoms with Crippen LogP contribution < -0.4 is 10.5 Å². The number of nitrogens with zero attached hydrogens (tertiary/aromatic N) is 2. The second-order valence-corrected chi connectivity index (χ2v) is 8.46. The third-order valence-corrected chi connectivity index (χ3v) is 6.18. The maximum Gasteiger partial charge on any atom is 0.573 e. The van der Waals surface area contributed by atoms with Gasteiger partial charge in [0.15, 0.2) is 0 Å². The van der Waals surface area contributed by atoms with Crippen LogP contribution in [0.15, 0.2) is 60.0 Å². The van der Waals surface area contributed by atoms with E-state index < -0.39 is 12.3 Å². The molecule has 0 unspecified atom stereocenters. The summed E-state index contributed by atoms with van der Waals surface area (Å²) in [6, 6.07) is 14.6. The molecule has 2 aromatic heterocycles. The van der Waals surface area contributed by atoms with Crippen molar-refractivity contribution in [3.63, 3.8) is 0 Å². The Bertz CT molecular complexity index is 1330. The number of aromatic nitrogens is 2. The number of alkyl halides is 3. The first-order valence-corrected chi connectivity index (χ1v) is 10.9. The van der Waals surface area contributed by atoms with Crippen molar-refractivity contribution in [2.24, 2.45) is 5.73 Å². The zero-order valence-corrected chi connectivity index (χ0v) is 18.8. The number of halogens is 4. The fourth-order valence-corrected chi connectivity index (χ4v) is 4.62. The predicted molar refractivity (Wildman–Crippen MR) is 121 cm³/mol. The molecule has 0 saturated heterocycles. The number of carbonyl (C=O) groups excluding carboxylic acids is 1. The Kier molecular flexibility index (Phi) is 6.18. The van der Waals surface area contributed by atoms with E-state index in [0.29, 0.717) is 38.2 Å². The molecule has 0 radical (unpaired) electrons. The van der Waals surface area contributed by atoms with Gasteiger partial charge in [0.25, 0.3) is 5.91 Å². The highest BCUT2D eigenvalue weighted by atomic mass is 35.5. The number of thiazole rings is 1. The van der Waals surface area contributed by atoms with Crippen molar-refractivity contribution >= 4 is 28.8 Å². The highest BCUT2D eigenvalue weighted by molar-refractivity contribution is 7.13. The topological polar surface area (TPSA) is 70.1 Å². The molecular weight excluding hydrogens is 475 g/mol. The fourth-order valence-electron chi connectivity index (χ4n) is 3.48. The molecule has 0 aliphatic heterocycles. The molecule has 2 N–H and O–H groups in total. The normalized spacial score (nSPS) is 11.5. The van der Waals surface area contributed by atoms with Crippen LogP contribution in [-0.2, 0) is 6.54 Å². The van der Waals surface area contributed by atoms with Gasteiger partial charge in [-0.25, -0.2) is 4.98 Å². The standard InChI is InChI=1S/C23H17ClF3N3O2S/c1-13-17(21(28)31)10-20(19-12-33-22(29-19)16-7-2-3-8-18(16)24)30(13)11-14-5-4-6-15(9-14)32-23(25,26)27/h2-10,12H,11H2,1H3,(H2,28,31). The molecule has 0 bridgehead atoms. The molecule has 0 atom stereocenters. The summed E-state index contributed by atoms with van der Waals surface area (Å²) in [6.45, 7) is 1.91. The summed E-state index contributed by atoms with van der Waals surface area (Å²) in [4.78, 5) is 16.7. The molecule has 4 aromatic rings. The summed E-state index contributed by atoms with van der Waals surface area (Å²) in [6.07, 6.45) is -4.79. The zero-order chi connectivity index (χ0) is 23.8. The average molecular weight is 492 g/mol. The lowest BCUT2D eigenvalue weighted by molar-refractivity contribution is -0.274. The molecule has 0 aliphatic carbocycles.